The maximum absolute atomic E-state index is 12.6. The van der Waals surface area contributed by atoms with Gasteiger partial charge in [0.25, 0.3) is 0 Å². The van der Waals surface area contributed by atoms with E-state index in [2.05, 4.69) is 15.9 Å². The second-order valence-electron chi connectivity index (χ2n) is 3.46. The summed E-state index contributed by atoms with van der Waals surface area (Å²) in [4.78, 5) is -1.68. The Kier molecular flexibility index (Phi) is 3.76. The van der Waals surface area contributed by atoms with Crippen LogP contribution in [0.15, 0.2) is 18.2 Å². The van der Waals surface area contributed by atoms with Gasteiger partial charge in [-0.1, -0.05) is 0 Å². The molecule has 0 radical (unpaired) electrons. The Hall–Kier alpha value is 0.510. The van der Waals surface area contributed by atoms with Crippen molar-refractivity contribution in [2.45, 2.75) is 14.9 Å². The van der Waals surface area contributed by atoms with Crippen molar-refractivity contribution in [3.8, 4) is 0 Å². The number of hydrogen-bond acceptors (Lipinski definition) is 0. The summed E-state index contributed by atoms with van der Waals surface area (Å²) in [5.41, 5.74) is 1.13. The van der Waals surface area contributed by atoms with Crippen LogP contribution in [0, 0.1) is 0 Å². The van der Waals surface area contributed by atoms with E-state index in [1.54, 1.807) is 12.1 Å². The topological polar surface area (TPSA) is 0 Å². The molecule has 1 aromatic rings. The molecule has 0 N–H and O–H groups in total. The molecule has 2 rings (SSSR count). The van der Waals surface area contributed by atoms with Gasteiger partial charge in [0.2, 0.25) is 0 Å². The molecule has 0 aromatic heterocycles. The molecule has 2 unspecified atom stereocenters. The second kappa shape index (κ2) is 4.65. The van der Waals surface area contributed by atoms with Crippen LogP contribution in [-0.2, 0) is 0 Å². The van der Waals surface area contributed by atoms with Crippen LogP contribution in [0.1, 0.15) is 19.9 Å². The summed E-state index contributed by atoms with van der Waals surface area (Å²) in [6.07, 6.45) is -4.30. The number of benzene rings is 1. The standard InChI is InChI=1S/C10H7BrClF3I/c11-9(10(13,14)15)6-3-5(8-4-16-8)1-2-7(6)12/h1-3,8-9H,4H2/q-1. The third-order valence-corrected chi connectivity index (χ3v) is 6.09. The molecule has 90 valence electrons. The van der Waals surface area contributed by atoms with Gasteiger partial charge in [-0.15, -0.1) is 0 Å². The van der Waals surface area contributed by atoms with Crippen LogP contribution in [0.2, 0.25) is 5.02 Å². The Bertz CT molecular complexity index is 404. The Morgan fingerprint density at radius 1 is 1.44 bits per heavy atom. The van der Waals surface area contributed by atoms with Gasteiger partial charge in [-0.2, -0.15) is 0 Å². The van der Waals surface area contributed by atoms with Crippen LogP contribution in [0.25, 0.3) is 0 Å². The summed E-state index contributed by atoms with van der Waals surface area (Å²) >= 11 is 8.65. The molecule has 0 amide bonds. The minimum absolute atomic E-state index is 0.127. The first-order chi connectivity index (χ1) is 7.39. The molecule has 1 heterocycles. The number of rotatable bonds is 2. The van der Waals surface area contributed by atoms with E-state index in [9.17, 15) is 13.2 Å². The van der Waals surface area contributed by atoms with Gasteiger partial charge in [0.1, 0.15) is 0 Å². The van der Waals surface area contributed by atoms with Crippen LogP contribution < -0.4 is 21.2 Å². The normalized spacial score (nSPS) is 22.4. The van der Waals surface area contributed by atoms with Crippen molar-refractivity contribution in [2.24, 2.45) is 0 Å². The quantitative estimate of drug-likeness (QED) is 0.497. The molecule has 0 saturated carbocycles. The average molecular weight is 426 g/mol. The summed E-state index contributed by atoms with van der Waals surface area (Å²) in [7, 11) is 0. The molecule has 2 atom stereocenters. The van der Waals surface area contributed by atoms with Gasteiger partial charge in [-0.3, -0.25) is 0 Å². The van der Waals surface area contributed by atoms with Crippen LogP contribution in [-0.4, -0.2) is 10.6 Å². The fourth-order valence-electron chi connectivity index (χ4n) is 1.35. The fraction of sp³-hybridized carbons (Fsp3) is 0.400. The van der Waals surface area contributed by atoms with Gasteiger partial charge < -0.3 is 0 Å². The van der Waals surface area contributed by atoms with Crippen LogP contribution in [0.3, 0.4) is 0 Å². The Labute approximate surface area is 115 Å². The third-order valence-electron chi connectivity index (χ3n) is 2.25. The van der Waals surface area contributed by atoms with E-state index in [0.29, 0.717) is 3.92 Å². The summed E-state index contributed by atoms with van der Waals surface area (Å²) in [5, 5.41) is 0.168. The van der Waals surface area contributed by atoms with Gasteiger partial charge >= 0.3 is 116 Å². The minimum atomic E-state index is -4.30. The summed E-state index contributed by atoms with van der Waals surface area (Å²) in [6, 6.07) is 4.99. The van der Waals surface area contributed by atoms with Gasteiger partial charge in [0.05, 0.1) is 0 Å². The van der Waals surface area contributed by atoms with Crippen LogP contribution >= 0.6 is 27.5 Å². The van der Waals surface area contributed by atoms with Crippen LogP contribution in [0.4, 0.5) is 13.2 Å². The van der Waals surface area contributed by atoms with E-state index >= 15 is 0 Å². The first-order valence-electron chi connectivity index (χ1n) is 4.47. The molecular weight excluding hydrogens is 419 g/mol. The summed E-state index contributed by atoms with van der Waals surface area (Å²) < 4.78 is 39.4. The molecule has 1 aliphatic heterocycles. The molecular formula is C10H7BrClF3I-. The molecule has 0 spiro atoms. The van der Waals surface area contributed by atoms with Crippen molar-refractivity contribution in [1.82, 2.24) is 0 Å². The van der Waals surface area contributed by atoms with Crippen molar-refractivity contribution >= 4 is 27.5 Å². The van der Waals surface area contributed by atoms with Crippen LogP contribution in [0.5, 0.6) is 0 Å². The van der Waals surface area contributed by atoms with Crippen molar-refractivity contribution in [3.05, 3.63) is 34.3 Å². The predicted molar refractivity (Wildman–Crippen MR) is 56.8 cm³/mol. The number of hydrogen-bond donors (Lipinski definition) is 0. The van der Waals surface area contributed by atoms with Crippen molar-refractivity contribution in [3.63, 3.8) is 0 Å². The van der Waals surface area contributed by atoms with Gasteiger partial charge in [0, 0.05) is 0 Å². The monoisotopic (exact) mass is 425 g/mol. The second-order valence-corrected chi connectivity index (χ2v) is 8.05. The molecule has 1 aliphatic rings. The molecule has 0 bridgehead atoms. The van der Waals surface area contributed by atoms with E-state index in [1.807, 2.05) is 6.07 Å². The Balaban J connectivity index is 2.34. The zero-order valence-corrected chi connectivity index (χ0v) is 12.4. The van der Waals surface area contributed by atoms with E-state index < -0.39 is 11.0 Å². The SMILES string of the molecule is FC(F)(F)C(Br)c1cc(C2C[I-]2)ccc1Cl. The molecule has 6 heteroatoms. The van der Waals surface area contributed by atoms with E-state index in [4.69, 9.17) is 11.6 Å². The van der Waals surface area contributed by atoms with Crippen molar-refractivity contribution in [1.29, 1.82) is 0 Å². The van der Waals surface area contributed by atoms with E-state index in [0.717, 1.165) is 5.56 Å². The maximum atomic E-state index is 12.6. The zero-order valence-electron chi connectivity index (χ0n) is 7.86. The predicted octanol–water partition coefficient (Wildman–Crippen LogP) is 1.48. The summed E-state index contributed by atoms with van der Waals surface area (Å²) in [5.74, 6) is 0. The van der Waals surface area contributed by atoms with Gasteiger partial charge in [-0.25, -0.2) is 0 Å². The van der Waals surface area contributed by atoms with E-state index in [1.165, 1.54) is 4.43 Å². The van der Waals surface area contributed by atoms with Gasteiger partial charge in [-0.05, 0) is 0 Å². The first-order valence-corrected chi connectivity index (χ1v) is 8.54. The number of alkyl halides is 6. The first kappa shape index (κ1) is 13.0. The van der Waals surface area contributed by atoms with E-state index in [-0.39, 0.29) is 31.8 Å². The summed E-state index contributed by atoms with van der Waals surface area (Å²) in [6.45, 7) is 0. The van der Waals surface area contributed by atoms with Crippen molar-refractivity contribution in [2.75, 3.05) is 4.43 Å². The van der Waals surface area contributed by atoms with Gasteiger partial charge in [0.15, 0.2) is 0 Å². The molecule has 0 aliphatic carbocycles. The number of halogens is 6. The fourth-order valence-corrected chi connectivity index (χ4v) is 3.75. The average Bonchev–Trinajstić information content (AvgIpc) is 2.99. The zero-order chi connectivity index (χ0) is 11.9. The molecule has 1 fully saturated rings. The Morgan fingerprint density at radius 2 is 2.06 bits per heavy atom. The molecule has 1 saturated heterocycles. The Morgan fingerprint density at radius 3 is 2.56 bits per heavy atom. The van der Waals surface area contributed by atoms with Crippen molar-refractivity contribution < 1.29 is 34.4 Å². The molecule has 16 heavy (non-hydrogen) atoms. The molecule has 0 nitrogen and oxygen atoms in total. The molecule has 1 aromatic carbocycles. The third kappa shape index (κ3) is 2.85.